The summed E-state index contributed by atoms with van der Waals surface area (Å²) in [5.74, 6) is -0.804. The van der Waals surface area contributed by atoms with Gasteiger partial charge in [0, 0.05) is 6.04 Å². The smallest absolute Gasteiger partial charge is 0.306 e. The van der Waals surface area contributed by atoms with Crippen LogP contribution >= 0.6 is 0 Å². The van der Waals surface area contributed by atoms with Gasteiger partial charge < -0.3 is 5.11 Å². The van der Waals surface area contributed by atoms with E-state index in [0.29, 0.717) is 6.04 Å². The van der Waals surface area contributed by atoms with Crippen LogP contribution in [-0.4, -0.2) is 24.2 Å². The molecule has 3 N–H and O–H groups in total. The normalized spacial score (nSPS) is 30.1. The van der Waals surface area contributed by atoms with Crippen molar-refractivity contribution in [3.63, 3.8) is 0 Å². The Labute approximate surface area is 72.3 Å². The van der Waals surface area contributed by atoms with Gasteiger partial charge in [0.15, 0.2) is 0 Å². The van der Waals surface area contributed by atoms with Gasteiger partial charge in [-0.15, -0.1) is 0 Å². The predicted octanol–water partition coefficient (Wildman–Crippen LogP) is 0.354. The standard InChI is InChI=1S/C8H16N2O2/c1-9-10-7-4-2-3-6(5-7)8(11)12/h6-7,9-10H,2-5H2,1H3,(H,11,12). The van der Waals surface area contributed by atoms with Crippen LogP contribution in [-0.2, 0) is 4.79 Å². The Morgan fingerprint density at radius 3 is 2.83 bits per heavy atom. The van der Waals surface area contributed by atoms with Gasteiger partial charge in [-0.1, -0.05) is 6.42 Å². The van der Waals surface area contributed by atoms with Crippen molar-refractivity contribution in [3.8, 4) is 0 Å². The highest BCUT2D eigenvalue weighted by molar-refractivity contribution is 5.70. The predicted molar refractivity (Wildman–Crippen MR) is 45.6 cm³/mol. The van der Waals surface area contributed by atoms with Gasteiger partial charge in [-0.2, -0.15) is 0 Å². The molecule has 4 heteroatoms. The van der Waals surface area contributed by atoms with Crippen LogP contribution in [0.2, 0.25) is 0 Å². The second-order valence-electron chi connectivity index (χ2n) is 3.29. The molecule has 0 aliphatic heterocycles. The fourth-order valence-electron chi connectivity index (χ4n) is 1.75. The number of rotatable bonds is 3. The molecule has 0 heterocycles. The molecule has 0 aromatic carbocycles. The van der Waals surface area contributed by atoms with E-state index >= 15 is 0 Å². The minimum absolute atomic E-state index is 0.149. The first-order valence-electron chi connectivity index (χ1n) is 4.39. The maximum absolute atomic E-state index is 10.7. The van der Waals surface area contributed by atoms with Crippen LogP contribution in [0.15, 0.2) is 0 Å². The molecule has 0 spiro atoms. The molecule has 0 bridgehead atoms. The Hall–Kier alpha value is -0.610. The lowest BCUT2D eigenvalue weighted by Crippen LogP contribution is -2.42. The summed E-state index contributed by atoms with van der Waals surface area (Å²) in [5, 5.41) is 8.78. The number of carbonyl (C=O) groups is 1. The van der Waals surface area contributed by atoms with Crippen LogP contribution < -0.4 is 10.9 Å². The molecule has 12 heavy (non-hydrogen) atoms. The summed E-state index contributed by atoms with van der Waals surface area (Å²) in [6.07, 6.45) is 3.66. The van der Waals surface area contributed by atoms with E-state index in [2.05, 4.69) is 10.9 Å². The fraction of sp³-hybridized carbons (Fsp3) is 0.875. The molecule has 1 rings (SSSR count). The van der Waals surface area contributed by atoms with E-state index in [-0.39, 0.29) is 5.92 Å². The number of nitrogens with one attached hydrogen (secondary N) is 2. The van der Waals surface area contributed by atoms with E-state index in [9.17, 15) is 4.79 Å². The first-order valence-corrected chi connectivity index (χ1v) is 4.39. The average molecular weight is 172 g/mol. The van der Waals surface area contributed by atoms with Gasteiger partial charge in [0.25, 0.3) is 0 Å². The van der Waals surface area contributed by atoms with Gasteiger partial charge in [0.1, 0.15) is 0 Å². The summed E-state index contributed by atoms with van der Waals surface area (Å²) in [4.78, 5) is 10.7. The molecule has 1 saturated carbocycles. The molecular formula is C8H16N2O2. The van der Waals surface area contributed by atoms with Crippen molar-refractivity contribution in [2.45, 2.75) is 31.7 Å². The summed E-state index contributed by atoms with van der Waals surface area (Å²) in [5.41, 5.74) is 5.91. The fourth-order valence-corrected chi connectivity index (χ4v) is 1.75. The maximum Gasteiger partial charge on any atom is 0.306 e. The quantitative estimate of drug-likeness (QED) is 0.538. The molecule has 1 fully saturated rings. The van der Waals surface area contributed by atoms with Crippen LogP contribution in [0.4, 0.5) is 0 Å². The number of hydrogen-bond acceptors (Lipinski definition) is 3. The number of aliphatic carboxylic acids is 1. The Morgan fingerprint density at radius 2 is 2.25 bits per heavy atom. The molecule has 4 nitrogen and oxygen atoms in total. The van der Waals surface area contributed by atoms with Crippen molar-refractivity contribution in [2.75, 3.05) is 7.05 Å². The van der Waals surface area contributed by atoms with Crippen LogP contribution in [0.3, 0.4) is 0 Å². The van der Waals surface area contributed by atoms with Crippen LogP contribution in [0, 0.1) is 5.92 Å². The number of hydrogen-bond donors (Lipinski definition) is 3. The van der Waals surface area contributed by atoms with Gasteiger partial charge in [0.2, 0.25) is 0 Å². The molecule has 0 aromatic rings. The zero-order valence-corrected chi connectivity index (χ0v) is 7.34. The highest BCUT2D eigenvalue weighted by atomic mass is 16.4. The maximum atomic E-state index is 10.7. The van der Waals surface area contributed by atoms with Gasteiger partial charge >= 0.3 is 5.97 Å². The van der Waals surface area contributed by atoms with E-state index in [0.717, 1.165) is 25.7 Å². The summed E-state index contributed by atoms with van der Waals surface area (Å²) >= 11 is 0. The second-order valence-corrected chi connectivity index (χ2v) is 3.29. The van der Waals surface area contributed by atoms with Crippen LogP contribution in [0.1, 0.15) is 25.7 Å². The van der Waals surface area contributed by atoms with Crippen molar-refractivity contribution in [1.82, 2.24) is 10.9 Å². The molecule has 2 atom stereocenters. The van der Waals surface area contributed by atoms with E-state index in [4.69, 9.17) is 5.11 Å². The van der Waals surface area contributed by atoms with E-state index in [1.54, 1.807) is 0 Å². The number of carboxylic acids is 1. The molecular weight excluding hydrogens is 156 g/mol. The second kappa shape index (κ2) is 4.42. The Morgan fingerprint density at radius 1 is 1.50 bits per heavy atom. The molecule has 0 saturated heterocycles. The van der Waals surface area contributed by atoms with Gasteiger partial charge in [-0.3, -0.25) is 15.6 Å². The van der Waals surface area contributed by atoms with Crippen molar-refractivity contribution in [2.24, 2.45) is 5.92 Å². The van der Waals surface area contributed by atoms with Gasteiger partial charge in [0.05, 0.1) is 5.92 Å². The van der Waals surface area contributed by atoms with Crippen LogP contribution in [0.25, 0.3) is 0 Å². The van der Waals surface area contributed by atoms with Crippen molar-refractivity contribution < 1.29 is 9.90 Å². The molecule has 1 aliphatic carbocycles. The molecule has 70 valence electrons. The number of carboxylic acid groups (broad SMARTS) is 1. The molecule has 1 aliphatic rings. The molecule has 0 aromatic heterocycles. The lowest BCUT2D eigenvalue weighted by molar-refractivity contribution is -0.143. The highest BCUT2D eigenvalue weighted by Crippen LogP contribution is 2.23. The van der Waals surface area contributed by atoms with Crippen molar-refractivity contribution >= 4 is 5.97 Å². The van der Waals surface area contributed by atoms with Crippen molar-refractivity contribution in [1.29, 1.82) is 0 Å². The van der Waals surface area contributed by atoms with E-state index in [1.807, 2.05) is 7.05 Å². The Bertz CT molecular complexity index is 159. The summed E-state index contributed by atoms with van der Waals surface area (Å²) in [7, 11) is 1.81. The topological polar surface area (TPSA) is 61.4 Å². The van der Waals surface area contributed by atoms with Crippen molar-refractivity contribution in [3.05, 3.63) is 0 Å². The molecule has 2 unspecified atom stereocenters. The minimum atomic E-state index is -0.655. The Kier molecular flexibility index (Phi) is 3.49. The summed E-state index contributed by atoms with van der Waals surface area (Å²) in [6.45, 7) is 0. The minimum Gasteiger partial charge on any atom is -0.481 e. The summed E-state index contributed by atoms with van der Waals surface area (Å²) in [6, 6.07) is 0.324. The third-order valence-electron chi connectivity index (χ3n) is 2.37. The van der Waals surface area contributed by atoms with Gasteiger partial charge in [-0.05, 0) is 26.3 Å². The van der Waals surface area contributed by atoms with E-state index < -0.39 is 5.97 Å². The lowest BCUT2D eigenvalue weighted by Gasteiger charge is -2.26. The zero-order chi connectivity index (χ0) is 8.97. The first kappa shape index (κ1) is 9.48. The highest BCUT2D eigenvalue weighted by Gasteiger charge is 2.26. The SMILES string of the molecule is CNNC1CCCC(C(=O)O)C1. The number of hydrazine groups is 1. The largest absolute Gasteiger partial charge is 0.481 e. The zero-order valence-electron chi connectivity index (χ0n) is 7.34. The lowest BCUT2D eigenvalue weighted by atomic mass is 9.86. The third kappa shape index (κ3) is 2.46. The third-order valence-corrected chi connectivity index (χ3v) is 2.37. The Balaban J connectivity index is 2.35. The van der Waals surface area contributed by atoms with E-state index in [1.165, 1.54) is 0 Å². The average Bonchev–Trinajstić information content (AvgIpc) is 2.05. The first-order chi connectivity index (χ1) is 5.74. The molecule has 0 amide bonds. The summed E-state index contributed by atoms with van der Waals surface area (Å²) < 4.78 is 0. The molecule has 0 radical (unpaired) electrons. The van der Waals surface area contributed by atoms with Crippen LogP contribution in [0.5, 0.6) is 0 Å². The van der Waals surface area contributed by atoms with Gasteiger partial charge in [-0.25, -0.2) is 0 Å². The monoisotopic (exact) mass is 172 g/mol.